The summed E-state index contributed by atoms with van der Waals surface area (Å²) >= 11 is 0. The van der Waals surface area contributed by atoms with Crippen LogP contribution in [0.25, 0.3) is 0 Å². The summed E-state index contributed by atoms with van der Waals surface area (Å²) in [5.41, 5.74) is 0. The Hall–Kier alpha value is -1.90. The predicted octanol–water partition coefficient (Wildman–Crippen LogP) is 0.277. The van der Waals surface area contributed by atoms with E-state index in [0.29, 0.717) is 26.2 Å². The van der Waals surface area contributed by atoms with Crippen LogP contribution in [0.4, 0.5) is 19.0 Å². The molecule has 0 unspecified atom stereocenters. The molecule has 9 heteroatoms. The summed E-state index contributed by atoms with van der Waals surface area (Å²) in [5.74, 6) is 0.152. The van der Waals surface area contributed by atoms with E-state index in [1.54, 1.807) is 18.6 Å². The van der Waals surface area contributed by atoms with Crippen LogP contribution < -0.4 is 10.2 Å². The molecule has 0 saturated carbocycles. The average Bonchev–Trinajstić information content (AvgIpc) is 2.46. The number of anilines is 1. The number of nitrogens with zero attached hydrogens (tertiary/aromatic N) is 4. The molecular formula is C12H16F3N5O. The maximum Gasteiger partial charge on any atom is 0.405 e. The maximum absolute atomic E-state index is 12.0. The van der Waals surface area contributed by atoms with E-state index in [9.17, 15) is 18.0 Å². The van der Waals surface area contributed by atoms with Crippen LogP contribution in [0, 0.1) is 0 Å². The Morgan fingerprint density at radius 2 is 1.95 bits per heavy atom. The zero-order valence-corrected chi connectivity index (χ0v) is 11.3. The van der Waals surface area contributed by atoms with Gasteiger partial charge in [-0.3, -0.25) is 14.7 Å². The van der Waals surface area contributed by atoms with E-state index in [1.165, 1.54) is 0 Å². The number of hydrogen-bond acceptors (Lipinski definition) is 5. The molecule has 6 nitrogen and oxygen atoms in total. The standard InChI is InChI=1S/C12H16F3N5O/c13-12(14,15)9-18-11(21)8-19-3-5-20(6-4-19)10-7-16-1-2-17-10/h1-2,7H,3-6,8-9H2,(H,18,21). The van der Waals surface area contributed by atoms with Crippen LogP contribution in [-0.2, 0) is 4.79 Å². The highest BCUT2D eigenvalue weighted by Gasteiger charge is 2.28. The van der Waals surface area contributed by atoms with Gasteiger partial charge in [0.2, 0.25) is 5.91 Å². The van der Waals surface area contributed by atoms with Crippen molar-refractivity contribution < 1.29 is 18.0 Å². The highest BCUT2D eigenvalue weighted by molar-refractivity contribution is 5.78. The van der Waals surface area contributed by atoms with Gasteiger partial charge in [-0.1, -0.05) is 0 Å². The topological polar surface area (TPSA) is 61.4 Å². The minimum Gasteiger partial charge on any atom is -0.353 e. The molecule has 1 aliphatic heterocycles. The van der Waals surface area contributed by atoms with Crippen LogP contribution in [0.1, 0.15) is 0 Å². The summed E-state index contributed by atoms with van der Waals surface area (Å²) in [4.78, 5) is 23.4. The van der Waals surface area contributed by atoms with Crippen molar-refractivity contribution in [2.24, 2.45) is 0 Å². The van der Waals surface area contributed by atoms with Crippen LogP contribution in [-0.4, -0.2) is 66.2 Å². The molecule has 2 rings (SSSR count). The molecule has 0 radical (unpaired) electrons. The molecule has 1 fully saturated rings. The van der Waals surface area contributed by atoms with Crippen molar-refractivity contribution in [2.45, 2.75) is 6.18 Å². The summed E-state index contributed by atoms with van der Waals surface area (Å²) in [6, 6.07) is 0. The number of alkyl halides is 3. The fourth-order valence-electron chi connectivity index (χ4n) is 2.05. The molecule has 0 aliphatic carbocycles. The van der Waals surface area contributed by atoms with Gasteiger partial charge in [0, 0.05) is 38.6 Å². The van der Waals surface area contributed by atoms with Gasteiger partial charge in [-0.15, -0.1) is 0 Å². The van der Waals surface area contributed by atoms with E-state index in [-0.39, 0.29) is 6.54 Å². The first kappa shape index (κ1) is 15.5. The number of amides is 1. The Morgan fingerprint density at radius 3 is 2.52 bits per heavy atom. The second-order valence-corrected chi connectivity index (χ2v) is 4.72. The van der Waals surface area contributed by atoms with Crippen molar-refractivity contribution in [3.05, 3.63) is 18.6 Å². The summed E-state index contributed by atoms with van der Waals surface area (Å²) in [5, 5.41) is 1.87. The van der Waals surface area contributed by atoms with Gasteiger partial charge in [-0.25, -0.2) is 4.98 Å². The van der Waals surface area contributed by atoms with Gasteiger partial charge < -0.3 is 10.2 Å². The van der Waals surface area contributed by atoms with Crippen LogP contribution >= 0.6 is 0 Å². The van der Waals surface area contributed by atoms with Gasteiger partial charge in [0.15, 0.2) is 0 Å². The smallest absolute Gasteiger partial charge is 0.353 e. The maximum atomic E-state index is 12.0. The third kappa shape index (κ3) is 5.18. The lowest BCUT2D eigenvalue weighted by molar-refractivity contribution is -0.139. The predicted molar refractivity (Wildman–Crippen MR) is 69.7 cm³/mol. The minimum absolute atomic E-state index is 0.0234. The number of carbonyl (C=O) groups is 1. The Morgan fingerprint density at radius 1 is 1.24 bits per heavy atom. The fourth-order valence-corrected chi connectivity index (χ4v) is 2.05. The van der Waals surface area contributed by atoms with Gasteiger partial charge in [-0.05, 0) is 0 Å². The average molecular weight is 303 g/mol. The molecule has 0 aromatic carbocycles. The molecular weight excluding hydrogens is 287 g/mol. The van der Waals surface area contributed by atoms with Crippen LogP contribution in [0.2, 0.25) is 0 Å². The number of nitrogens with one attached hydrogen (secondary N) is 1. The van der Waals surface area contributed by atoms with Crippen molar-refractivity contribution in [3.63, 3.8) is 0 Å². The van der Waals surface area contributed by atoms with Crippen molar-refractivity contribution in [3.8, 4) is 0 Å². The Balaban J connectivity index is 1.73. The molecule has 1 aromatic heterocycles. The molecule has 0 atom stereocenters. The Bertz CT molecular complexity index is 460. The molecule has 1 aromatic rings. The zero-order chi connectivity index (χ0) is 15.3. The summed E-state index contributed by atoms with van der Waals surface area (Å²) < 4.78 is 36.0. The molecule has 2 heterocycles. The molecule has 0 bridgehead atoms. The van der Waals surface area contributed by atoms with E-state index in [0.717, 1.165) is 5.82 Å². The number of hydrogen-bond donors (Lipinski definition) is 1. The van der Waals surface area contributed by atoms with E-state index < -0.39 is 18.6 Å². The number of piperazine rings is 1. The summed E-state index contributed by atoms with van der Waals surface area (Å²) in [6.07, 6.45) is 0.475. The van der Waals surface area contributed by atoms with Crippen molar-refractivity contribution >= 4 is 11.7 Å². The molecule has 1 amide bonds. The second kappa shape index (κ2) is 6.70. The minimum atomic E-state index is -4.37. The highest BCUT2D eigenvalue weighted by atomic mass is 19.4. The largest absolute Gasteiger partial charge is 0.405 e. The molecule has 1 N–H and O–H groups in total. The Labute approximate surface area is 120 Å². The SMILES string of the molecule is O=C(CN1CCN(c2cnccn2)CC1)NCC(F)(F)F. The number of carbonyl (C=O) groups excluding carboxylic acids is 1. The van der Waals surface area contributed by atoms with E-state index in [1.807, 2.05) is 15.1 Å². The monoisotopic (exact) mass is 303 g/mol. The third-order valence-electron chi connectivity index (χ3n) is 3.10. The normalized spacial score (nSPS) is 16.8. The lowest BCUT2D eigenvalue weighted by atomic mass is 10.3. The fraction of sp³-hybridized carbons (Fsp3) is 0.583. The number of rotatable bonds is 4. The van der Waals surface area contributed by atoms with Crippen molar-refractivity contribution in [1.29, 1.82) is 0 Å². The van der Waals surface area contributed by atoms with Crippen molar-refractivity contribution in [2.75, 3.05) is 44.2 Å². The van der Waals surface area contributed by atoms with Gasteiger partial charge >= 0.3 is 6.18 Å². The summed E-state index contributed by atoms with van der Waals surface area (Å²) in [7, 11) is 0. The van der Waals surface area contributed by atoms with Gasteiger partial charge in [-0.2, -0.15) is 13.2 Å². The van der Waals surface area contributed by atoms with E-state index in [2.05, 4.69) is 9.97 Å². The molecule has 116 valence electrons. The van der Waals surface area contributed by atoms with Crippen molar-refractivity contribution in [1.82, 2.24) is 20.2 Å². The third-order valence-corrected chi connectivity index (χ3v) is 3.10. The van der Waals surface area contributed by atoms with Crippen LogP contribution in [0.3, 0.4) is 0 Å². The van der Waals surface area contributed by atoms with E-state index >= 15 is 0 Å². The highest BCUT2D eigenvalue weighted by Crippen LogP contribution is 2.13. The molecule has 1 saturated heterocycles. The summed E-state index contributed by atoms with van der Waals surface area (Å²) in [6.45, 7) is 1.19. The molecule has 0 spiro atoms. The quantitative estimate of drug-likeness (QED) is 0.865. The lowest BCUT2D eigenvalue weighted by Gasteiger charge is -2.34. The van der Waals surface area contributed by atoms with Gasteiger partial charge in [0.05, 0.1) is 12.7 Å². The second-order valence-electron chi connectivity index (χ2n) is 4.72. The number of aromatic nitrogens is 2. The van der Waals surface area contributed by atoms with Crippen LogP contribution in [0.15, 0.2) is 18.6 Å². The first-order valence-electron chi connectivity index (χ1n) is 6.51. The first-order chi connectivity index (χ1) is 9.94. The lowest BCUT2D eigenvalue weighted by Crippen LogP contribution is -2.50. The first-order valence-corrected chi connectivity index (χ1v) is 6.51. The van der Waals surface area contributed by atoms with Gasteiger partial charge in [0.1, 0.15) is 12.4 Å². The molecule has 1 aliphatic rings. The zero-order valence-electron chi connectivity index (χ0n) is 11.3. The molecule has 21 heavy (non-hydrogen) atoms. The Kier molecular flexibility index (Phi) is 4.94. The van der Waals surface area contributed by atoms with Gasteiger partial charge in [0.25, 0.3) is 0 Å². The number of halogens is 3. The van der Waals surface area contributed by atoms with Crippen LogP contribution in [0.5, 0.6) is 0 Å². The van der Waals surface area contributed by atoms with E-state index in [4.69, 9.17) is 0 Å².